The third-order valence-electron chi connectivity index (χ3n) is 3.43. The van der Waals surface area contributed by atoms with Gasteiger partial charge in [0.2, 0.25) is 10.0 Å². The number of sulfonamides is 1. The van der Waals surface area contributed by atoms with Crippen LogP contribution in [0.15, 0.2) is 58.5 Å². The molecule has 0 saturated heterocycles. The fraction of sp³-hybridized carbons (Fsp3) is 0.188. The molecule has 25 heavy (non-hydrogen) atoms. The molecule has 5 nitrogen and oxygen atoms in total. The number of para-hydroxylation sites is 1. The van der Waals surface area contributed by atoms with Crippen molar-refractivity contribution in [2.45, 2.75) is 18.0 Å². The van der Waals surface area contributed by atoms with Gasteiger partial charge in [0.05, 0.1) is 21.9 Å². The predicted octanol–water partition coefficient (Wildman–Crippen LogP) is 3.45. The average molecular weight is 371 g/mol. The highest BCUT2D eigenvalue weighted by molar-refractivity contribution is 7.89. The lowest BCUT2D eigenvalue weighted by atomic mass is 10.1. The number of rotatable bonds is 5. The standard InChI is InChI=1S/C16H16F3N3O2S/c1-11(12-7-9-13(10-8-12)25(23,24)20-2)21-22-15-6-4-3-5-14(15)16(17,18)19/h3-10,20,22H,1-2H3/b21-11-. The maximum Gasteiger partial charge on any atom is 0.418 e. The first-order chi connectivity index (χ1) is 11.6. The molecule has 0 aliphatic heterocycles. The third kappa shape index (κ3) is 4.58. The molecule has 134 valence electrons. The Bertz CT molecular complexity index is 876. The maximum absolute atomic E-state index is 12.9. The number of hydrogen-bond donors (Lipinski definition) is 2. The van der Waals surface area contributed by atoms with Gasteiger partial charge in [0.25, 0.3) is 0 Å². The number of alkyl halides is 3. The molecule has 9 heteroatoms. The number of nitrogens with one attached hydrogen (secondary N) is 2. The Hall–Kier alpha value is -2.39. The zero-order chi connectivity index (χ0) is 18.7. The fourth-order valence-electron chi connectivity index (χ4n) is 2.03. The van der Waals surface area contributed by atoms with Gasteiger partial charge in [0, 0.05) is 0 Å². The van der Waals surface area contributed by atoms with Crippen molar-refractivity contribution >= 4 is 21.4 Å². The molecule has 0 aromatic heterocycles. The number of hydrogen-bond acceptors (Lipinski definition) is 4. The summed E-state index contributed by atoms with van der Waals surface area (Å²) in [6.45, 7) is 1.60. The topological polar surface area (TPSA) is 70.6 Å². The highest BCUT2D eigenvalue weighted by atomic mass is 32.2. The largest absolute Gasteiger partial charge is 0.418 e. The van der Waals surface area contributed by atoms with E-state index in [0.717, 1.165) is 6.07 Å². The second-order valence-electron chi connectivity index (χ2n) is 5.08. The first kappa shape index (κ1) is 18.9. The lowest BCUT2D eigenvalue weighted by Crippen LogP contribution is -2.18. The quantitative estimate of drug-likeness (QED) is 0.625. The molecule has 2 aromatic rings. The van der Waals surface area contributed by atoms with Crippen LogP contribution in [0.3, 0.4) is 0 Å². The monoisotopic (exact) mass is 371 g/mol. The molecule has 0 fully saturated rings. The van der Waals surface area contributed by atoms with Crippen molar-refractivity contribution in [3.8, 4) is 0 Å². The Labute approximate surface area is 143 Å². The molecule has 0 bridgehead atoms. The second kappa shape index (κ2) is 7.24. The summed E-state index contributed by atoms with van der Waals surface area (Å²) in [6.07, 6.45) is -4.49. The van der Waals surface area contributed by atoms with Crippen LogP contribution in [0.4, 0.5) is 18.9 Å². The van der Waals surface area contributed by atoms with E-state index >= 15 is 0 Å². The van der Waals surface area contributed by atoms with E-state index in [4.69, 9.17) is 0 Å². The first-order valence-electron chi connectivity index (χ1n) is 7.15. The fourth-order valence-corrected chi connectivity index (χ4v) is 2.76. The highest BCUT2D eigenvalue weighted by Gasteiger charge is 2.33. The Balaban J connectivity index is 2.24. The molecule has 2 N–H and O–H groups in total. The normalized spacial score (nSPS) is 12.9. The van der Waals surface area contributed by atoms with Crippen LogP contribution >= 0.6 is 0 Å². The molecule has 0 atom stereocenters. The number of nitrogens with zero attached hydrogens (tertiary/aromatic N) is 1. The summed E-state index contributed by atoms with van der Waals surface area (Å²) >= 11 is 0. The molecule has 0 radical (unpaired) electrons. The Kier molecular flexibility index (Phi) is 5.48. The van der Waals surface area contributed by atoms with Crippen molar-refractivity contribution in [2.75, 3.05) is 12.5 Å². The molecule has 0 heterocycles. The van der Waals surface area contributed by atoms with Crippen LogP contribution in [0.2, 0.25) is 0 Å². The van der Waals surface area contributed by atoms with Crippen molar-refractivity contribution in [3.05, 3.63) is 59.7 Å². The summed E-state index contributed by atoms with van der Waals surface area (Å²) in [7, 11) is -2.24. The minimum Gasteiger partial charge on any atom is -0.278 e. The minimum absolute atomic E-state index is 0.0851. The third-order valence-corrected chi connectivity index (χ3v) is 4.86. The van der Waals surface area contributed by atoms with E-state index in [9.17, 15) is 21.6 Å². The minimum atomic E-state index is -4.49. The number of halogens is 3. The van der Waals surface area contributed by atoms with Crippen LogP contribution in [0.5, 0.6) is 0 Å². The molecule has 0 spiro atoms. The van der Waals surface area contributed by atoms with Crippen LogP contribution in [-0.2, 0) is 16.2 Å². The Morgan fingerprint density at radius 1 is 1.04 bits per heavy atom. The smallest absolute Gasteiger partial charge is 0.278 e. The molecule has 0 aliphatic carbocycles. The van der Waals surface area contributed by atoms with E-state index in [2.05, 4.69) is 15.2 Å². The second-order valence-corrected chi connectivity index (χ2v) is 6.97. The van der Waals surface area contributed by atoms with Gasteiger partial charge in [-0.05, 0) is 43.8 Å². The molecule has 2 rings (SSSR count). The van der Waals surface area contributed by atoms with Gasteiger partial charge < -0.3 is 0 Å². The van der Waals surface area contributed by atoms with Crippen molar-refractivity contribution in [3.63, 3.8) is 0 Å². The van der Waals surface area contributed by atoms with Gasteiger partial charge in [-0.25, -0.2) is 13.1 Å². The number of anilines is 1. The van der Waals surface area contributed by atoms with Crippen LogP contribution in [0, 0.1) is 0 Å². The van der Waals surface area contributed by atoms with E-state index in [-0.39, 0.29) is 10.6 Å². The first-order valence-corrected chi connectivity index (χ1v) is 8.64. The van der Waals surface area contributed by atoms with Gasteiger partial charge in [-0.15, -0.1) is 0 Å². The lowest BCUT2D eigenvalue weighted by Gasteiger charge is -2.12. The summed E-state index contributed by atoms with van der Waals surface area (Å²) in [4.78, 5) is 0.0851. The van der Waals surface area contributed by atoms with Gasteiger partial charge in [0.15, 0.2) is 0 Å². The molecule has 0 aliphatic rings. The molecule has 0 unspecified atom stereocenters. The SMILES string of the molecule is CNS(=O)(=O)c1ccc(/C(C)=N\Nc2ccccc2C(F)(F)F)cc1. The lowest BCUT2D eigenvalue weighted by molar-refractivity contribution is -0.136. The van der Waals surface area contributed by atoms with Crippen molar-refractivity contribution < 1.29 is 21.6 Å². The summed E-state index contributed by atoms with van der Waals surface area (Å²) in [5, 5.41) is 3.95. The van der Waals surface area contributed by atoms with Gasteiger partial charge in [-0.3, -0.25) is 5.43 Å². The van der Waals surface area contributed by atoms with Crippen molar-refractivity contribution in [1.82, 2.24) is 4.72 Å². The summed E-state index contributed by atoms with van der Waals surface area (Å²) in [6, 6.07) is 10.9. The van der Waals surface area contributed by atoms with Crippen LogP contribution < -0.4 is 10.1 Å². The maximum atomic E-state index is 12.9. The van der Waals surface area contributed by atoms with Gasteiger partial charge >= 0.3 is 6.18 Å². The van der Waals surface area contributed by atoms with Gasteiger partial charge in [0.1, 0.15) is 0 Å². The average Bonchev–Trinajstić information content (AvgIpc) is 2.59. The van der Waals surface area contributed by atoms with E-state index in [1.807, 2.05) is 0 Å². The van der Waals surface area contributed by atoms with Crippen molar-refractivity contribution in [2.24, 2.45) is 5.10 Å². The number of benzene rings is 2. The Morgan fingerprint density at radius 3 is 2.20 bits per heavy atom. The van der Waals surface area contributed by atoms with Crippen molar-refractivity contribution in [1.29, 1.82) is 0 Å². The molecular weight excluding hydrogens is 355 g/mol. The molecular formula is C16H16F3N3O2S. The zero-order valence-electron chi connectivity index (χ0n) is 13.4. The molecule has 0 amide bonds. The van der Waals surface area contributed by atoms with Gasteiger partial charge in [-0.1, -0.05) is 24.3 Å². The summed E-state index contributed by atoms with van der Waals surface area (Å²) < 4.78 is 64.3. The van der Waals surface area contributed by atoms with Crippen LogP contribution in [-0.4, -0.2) is 21.2 Å². The molecule has 2 aromatic carbocycles. The Morgan fingerprint density at radius 2 is 1.64 bits per heavy atom. The summed E-state index contributed by atoms with van der Waals surface area (Å²) in [5.41, 5.74) is 2.41. The van der Waals surface area contributed by atoms with Crippen LogP contribution in [0.25, 0.3) is 0 Å². The predicted molar refractivity (Wildman–Crippen MR) is 90.0 cm³/mol. The van der Waals surface area contributed by atoms with Gasteiger partial charge in [-0.2, -0.15) is 18.3 Å². The number of hydrazone groups is 1. The van der Waals surface area contributed by atoms with E-state index < -0.39 is 21.8 Å². The summed E-state index contributed by atoms with van der Waals surface area (Å²) in [5.74, 6) is 0. The zero-order valence-corrected chi connectivity index (χ0v) is 14.2. The van der Waals surface area contributed by atoms with E-state index in [1.54, 1.807) is 6.92 Å². The highest BCUT2D eigenvalue weighted by Crippen LogP contribution is 2.34. The van der Waals surface area contributed by atoms with E-state index in [1.165, 1.54) is 49.5 Å². The van der Waals surface area contributed by atoms with Crippen LogP contribution in [0.1, 0.15) is 18.1 Å². The van der Waals surface area contributed by atoms with E-state index in [0.29, 0.717) is 11.3 Å². The molecule has 0 saturated carbocycles.